The van der Waals surface area contributed by atoms with Gasteiger partial charge < -0.3 is 14.7 Å². The number of hydrogen-bond acceptors (Lipinski definition) is 3. The molecule has 0 aromatic heterocycles. The van der Waals surface area contributed by atoms with E-state index in [9.17, 15) is 0 Å². The molecule has 3 heteroatoms. The highest BCUT2D eigenvalue weighted by atomic mass is 16.5. The van der Waals surface area contributed by atoms with E-state index >= 15 is 0 Å². The molecule has 3 nitrogen and oxygen atoms in total. The second kappa shape index (κ2) is 6.01. The van der Waals surface area contributed by atoms with Gasteiger partial charge in [-0.25, -0.2) is 0 Å². The smallest absolute Gasteiger partial charge is 0.0594 e. The maximum atomic E-state index is 7.00. The normalized spacial score (nSPS) is 20.3. The van der Waals surface area contributed by atoms with Gasteiger partial charge in [-0.05, 0) is 7.05 Å². The maximum Gasteiger partial charge on any atom is 0.0594 e. The van der Waals surface area contributed by atoms with Crippen molar-refractivity contribution >= 4 is 0 Å². The minimum Gasteiger partial charge on any atom is -0.400 e. The molecule has 0 amide bonds. The summed E-state index contributed by atoms with van der Waals surface area (Å²) in [5.41, 5.74) is 0. The molecule has 0 saturated carbocycles. The first-order chi connectivity index (χ1) is 4.39. The third-order valence-corrected chi connectivity index (χ3v) is 1.23. The summed E-state index contributed by atoms with van der Waals surface area (Å²) in [5, 5.41) is 7.00. The summed E-state index contributed by atoms with van der Waals surface area (Å²) < 4.78 is 5.10. The van der Waals surface area contributed by atoms with Gasteiger partial charge in [-0.3, -0.25) is 0 Å². The summed E-state index contributed by atoms with van der Waals surface area (Å²) >= 11 is 0. The molecular weight excluding hydrogens is 118 g/mol. The number of nitrogens with zero attached hydrogens (tertiary/aromatic N) is 1. The Morgan fingerprint density at radius 2 is 1.67 bits per heavy atom. The Bertz CT molecular complexity index is 53.0. The molecule has 1 aliphatic heterocycles. The van der Waals surface area contributed by atoms with Crippen LogP contribution in [0.3, 0.4) is 0 Å². The number of hydrogen-bond donors (Lipinski definition) is 1. The van der Waals surface area contributed by atoms with Gasteiger partial charge in [-0.2, -0.15) is 0 Å². The number of morpholine rings is 1. The Morgan fingerprint density at radius 3 is 1.89 bits per heavy atom. The van der Waals surface area contributed by atoms with Crippen molar-refractivity contribution < 1.29 is 9.84 Å². The van der Waals surface area contributed by atoms with Gasteiger partial charge in [0, 0.05) is 20.2 Å². The second-order valence-electron chi connectivity index (χ2n) is 1.92. The molecule has 0 bridgehead atoms. The Balaban J connectivity index is 0.000000291. The van der Waals surface area contributed by atoms with Crippen LogP contribution < -0.4 is 0 Å². The quantitative estimate of drug-likeness (QED) is 0.486. The zero-order valence-corrected chi connectivity index (χ0v) is 6.13. The van der Waals surface area contributed by atoms with Crippen LogP contribution in [0.2, 0.25) is 0 Å². The number of ether oxygens (including phenoxy) is 1. The van der Waals surface area contributed by atoms with Crippen molar-refractivity contribution in [2.45, 2.75) is 0 Å². The van der Waals surface area contributed by atoms with Crippen LogP contribution in [-0.4, -0.2) is 50.5 Å². The Labute approximate surface area is 56.2 Å². The average molecular weight is 133 g/mol. The van der Waals surface area contributed by atoms with Crippen molar-refractivity contribution in [1.82, 2.24) is 4.90 Å². The van der Waals surface area contributed by atoms with Crippen LogP contribution in [-0.2, 0) is 4.74 Å². The summed E-state index contributed by atoms with van der Waals surface area (Å²) in [5.74, 6) is 0. The van der Waals surface area contributed by atoms with Crippen LogP contribution in [0.4, 0.5) is 0 Å². The minimum absolute atomic E-state index is 0.913. The van der Waals surface area contributed by atoms with Crippen molar-refractivity contribution in [2.75, 3.05) is 40.5 Å². The molecule has 0 radical (unpaired) electrons. The molecule has 0 aromatic carbocycles. The molecule has 0 aliphatic carbocycles. The standard InChI is InChI=1S/C5H11NO.CH4O/c1-6-2-4-7-5-3-6;1-2/h2-5H2,1H3;2H,1H3. The van der Waals surface area contributed by atoms with Crippen LogP contribution in [0.15, 0.2) is 0 Å². The van der Waals surface area contributed by atoms with Gasteiger partial charge >= 0.3 is 0 Å². The Morgan fingerprint density at radius 1 is 1.22 bits per heavy atom. The molecule has 56 valence electrons. The van der Waals surface area contributed by atoms with E-state index in [-0.39, 0.29) is 0 Å². The number of likely N-dealkylation sites (N-methyl/N-ethyl adjacent to an activating group) is 1. The second-order valence-corrected chi connectivity index (χ2v) is 1.92. The van der Waals surface area contributed by atoms with Crippen molar-refractivity contribution in [3.8, 4) is 0 Å². The Kier molecular flexibility index (Phi) is 5.93. The summed E-state index contributed by atoms with van der Waals surface area (Å²) in [6, 6.07) is 0. The topological polar surface area (TPSA) is 32.7 Å². The van der Waals surface area contributed by atoms with Crippen molar-refractivity contribution in [3.63, 3.8) is 0 Å². The summed E-state index contributed by atoms with van der Waals surface area (Å²) in [7, 11) is 3.11. The van der Waals surface area contributed by atoms with Gasteiger partial charge in [-0.15, -0.1) is 0 Å². The Hall–Kier alpha value is -0.120. The van der Waals surface area contributed by atoms with E-state index in [1.807, 2.05) is 0 Å². The fraction of sp³-hybridized carbons (Fsp3) is 1.00. The highest BCUT2D eigenvalue weighted by Gasteiger charge is 2.02. The first-order valence-electron chi connectivity index (χ1n) is 3.10. The maximum absolute atomic E-state index is 7.00. The predicted octanol–water partition coefficient (Wildman–Crippen LogP) is -0.443. The van der Waals surface area contributed by atoms with E-state index in [0.717, 1.165) is 33.4 Å². The van der Waals surface area contributed by atoms with Crippen molar-refractivity contribution in [2.24, 2.45) is 0 Å². The molecule has 1 aliphatic rings. The molecule has 1 heterocycles. The molecule has 0 unspecified atom stereocenters. The van der Waals surface area contributed by atoms with Gasteiger partial charge in [0.15, 0.2) is 0 Å². The van der Waals surface area contributed by atoms with Crippen molar-refractivity contribution in [3.05, 3.63) is 0 Å². The van der Waals surface area contributed by atoms with Crippen LogP contribution >= 0.6 is 0 Å². The molecule has 1 N–H and O–H groups in total. The first-order valence-corrected chi connectivity index (χ1v) is 3.10. The van der Waals surface area contributed by atoms with Crippen molar-refractivity contribution in [1.29, 1.82) is 0 Å². The molecular formula is C6H15NO2. The predicted molar refractivity (Wildman–Crippen MR) is 36.5 cm³/mol. The molecule has 1 saturated heterocycles. The molecule has 0 atom stereocenters. The first kappa shape index (κ1) is 8.88. The SMILES string of the molecule is CN1CCOCC1.CO. The zero-order chi connectivity index (χ0) is 7.11. The molecule has 9 heavy (non-hydrogen) atoms. The van der Waals surface area contributed by atoms with Crippen LogP contribution in [0.5, 0.6) is 0 Å². The lowest BCUT2D eigenvalue weighted by molar-refractivity contribution is 0.0503. The van der Waals surface area contributed by atoms with E-state index in [1.54, 1.807) is 0 Å². The van der Waals surface area contributed by atoms with E-state index in [2.05, 4.69) is 11.9 Å². The molecule has 1 rings (SSSR count). The third kappa shape index (κ3) is 4.39. The van der Waals surface area contributed by atoms with Crippen LogP contribution in [0.25, 0.3) is 0 Å². The highest BCUT2D eigenvalue weighted by molar-refractivity contribution is 4.53. The van der Waals surface area contributed by atoms with Gasteiger partial charge in [0.25, 0.3) is 0 Å². The van der Waals surface area contributed by atoms with Crippen LogP contribution in [0.1, 0.15) is 0 Å². The van der Waals surface area contributed by atoms with Crippen LogP contribution in [0, 0.1) is 0 Å². The van der Waals surface area contributed by atoms with Gasteiger partial charge in [0.05, 0.1) is 13.2 Å². The van der Waals surface area contributed by atoms with E-state index in [1.165, 1.54) is 0 Å². The average Bonchev–Trinajstić information content (AvgIpc) is 1.94. The lowest BCUT2D eigenvalue weighted by Crippen LogP contribution is -2.32. The lowest BCUT2D eigenvalue weighted by atomic mass is 10.5. The highest BCUT2D eigenvalue weighted by Crippen LogP contribution is 1.89. The fourth-order valence-electron chi connectivity index (χ4n) is 0.655. The molecule has 0 aromatic rings. The zero-order valence-electron chi connectivity index (χ0n) is 6.13. The monoisotopic (exact) mass is 133 g/mol. The van der Waals surface area contributed by atoms with E-state index in [4.69, 9.17) is 9.84 Å². The lowest BCUT2D eigenvalue weighted by Gasteiger charge is -2.21. The fourth-order valence-corrected chi connectivity index (χ4v) is 0.655. The summed E-state index contributed by atoms with van der Waals surface area (Å²) in [4.78, 5) is 2.27. The molecule has 1 fully saturated rings. The molecule has 0 spiro atoms. The minimum atomic E-state index is 0.913. The van der Waals surface area contributed by atoms with Gasteiger partial charge in [0.2, 0.25) is 0 Å². The summed E-state index contributed by atoms with van der Waals surface area (Å²) in [6.45, 7) is 4.02. The summed E-state index contributed by atoms with van der Waals surface area (Å²) in [6.07, 6.45) is 0. The third-order valence-electron chi connectivity index (χ3n) is 1.23. The number of aliphatic hydroxyl groups excluding tert-OH is 1. The largest absolute Gasteiger partial charge is 0.400 e. The van der Waals surface area contributed by atoms with Gasteiger partial charge in [-0.1, -0.05) is 0 Å². The van der Waals surface area contributed by atoms with E-state index in [0.29, 0.717) is 0 Å². The number of aliphatic hydroxyl groups is 1. The number of rotatable bonds is 0. The van der Waals surface area contributed by atoms with Gasteiger partial charge in [0.1, 0.15) is 0 Å². The van der Waals surface area contributed by atoms with E-state index < -0.39 is 0 Å².